The van der Waals surface area contributed by atoms with Crippen LogP contribution in [0.3, 0.4) is 0 Å². The highest BCUT2D eigenvalue weighted by atomic mass is 14.0. The van der Waals surface area contributed by atoms with Crippen molar-refractivity contribution in [1.29, 1.82) is 0 Å². The van der Waals surface area contributed by atoms with Gasteiger partial charge in [0.2, 0.25) is 0 Å². The van der Waals surface area contributed by atoms with Gasteiger partial charge in [0.05, 0.1) is 0 Å². The third-order valence-electron chi connectivity index (χ3n) is 1.70. The van der Waals surface area contributed by atoms with Crippen molar-refractivity contribution in [3.05, 3.63) is 23.8 Å². The second kappa shape index (κ2) is 3.49. The van der Waals surface area contributed by atoms with Gasteiger partial charge in [-0.3, -0.25) is 0 Å². The fourth-order valence-electron chi connectivity index (χ4n) is 1.07. The first-order chi connectivity index (χ1) is 4.39. The molecule has 0 nitrogen and oxygen atoms in total. The van der Waals surface area contributed by atoms with Crippen LogP contribution in [0.5, 0.6) is 0 Å². The van der Waals surface area contributed by atoms with Crippen LogP contribution in [-0.4, -0.2) is 0 Å². The largest absolute Gasteiger partial charge is 0.0882 e. The minimum atomic E-state index is 1.23. The Morgan fingerprint density at radius 3 is 2.78 bits per heavy atom. The molecule has 0 saturated heterocycles. The zero-order chi connectivity index (χ0) is 6.53. The highest BCUT2D eigenvalue weighted by Crippen LogP contribution is 2.10. The van der Waals surface area contributed by atoms with Gasteiger partial charge in [-0.05, 0) is 32.6 Å². The van der Waals surface area contributed by atoms with Crippen LogP contribution in [-0.2, 0) is 0 Å². The van der Waals surface area contributed by atoms with Crippen LogP contribution in [0.25, 0.3) is 0 Å². The zero-order valence-corrected chi connectivity index (χ0v) is 6.06. The van der Waals surface area contributed by atoms with Gasteiger partial charge in [-0.2, -0.15) is 0 Å². The normalized spacial score (nSPS) is 20.3. The van der Waals surface area contributed by atoms with Crippen LogP contribution in [0.2, 0.25) is 0 Å². The minimum absolute atomic E-state index is 1.23. The average molecular weight is 122 g/mol. The molecule has 0 unspecified atom stereocenters. The van der Waals surface area contributed by atoms with Gasteiger partial charge in [0.25, 0.3) is 0 Å². The fourth-order valence-corrected chi connectivity index (χ4v) is 1.07. The molecule has 9 heavy (non-hydrogen) atoms. The predicted molar refractivity (Wildman–Crippen MR) is 41.4 cm³/mol. The maximum absolute atomic E-state index is 2.35. The molecule has 0 radical (unpaired) electrons. The van der Waals surface area contributed by atoms with Gasteiger partial charge in [-0.15, -0.1) is 0 Å². The summed E-state index contributed by atoms with van der Waals surface area (Å²) in [5, 5.41) is 0. The number of allylic oxidation sites excluding steroid dienone is 4. The molecule has 1 aliphatic carbocycles. The molecule has 50 valence electrons. The predicted octanol–water partition coefficient (Wildman–Crippen LogP) is 3.06. The van der Waals surface area contributed by atoms with Gasteiger partial charge < -0.3 is 0 Å². The van der Waals surface area contributed by atoms with Crippen LogP contribution in [0.15, 0.2) is 23.8 Å². The lowest BCUT2D eigenvalue weighted by Crippen LogP contribution is -1.79. The molecule has 0 bridgehead atoms. The Bertz CT molecular complexity index is 129. The van der Waals surface area contributed by atoms with Crippen molar-refractivity contribution in [2.75, 3.05) is 0 Å². The van der Waals surface area contributed by atoms with E-state index in [0.29, 0.717) is 0 Å². The van der Waals surface area contributed by atoms with Gasteiger partial charge in [0.1, 0.15) is 0 Å². The maximum atomic E-state index is 2.35. The van der Waals surface area contributed by atoms with Crippen molar-refractivity contribution in [2.45, 2.75) is 32.6 Å². The van der Waals surface area contributed by atoms with E-state index >= 15 is 0 Å². The van der Waals surface area contributed by atoms with E-state index in [1.54, 1.807) is 5.57 Å². The fraction of sp³-hybridized carbons (Fsp3) is 0.556. The highest BCUT2D eigenvalue weighted by Gasteiger charge is 1.90. The van der Waals surface area contributed by atoms with Gasteiger partial charge >= 0.3 is 0 Å². The molecule has 0 aromatic rings. The molecule has 1 aliphatic rings. The standard InChI is InChI=1S/C9H14/c1-9-7-5-3-2-4-6-8-9/h2-3,8H,4-7H2,1H3. The van der Waals surface area contributed by atoms with E-state index in [4.69, 9.17) is 0 Å². The van der Waals surface area contributed by atoms with E-state index in [0.717, 1.165) is 0 Å². The molecule has 0 spiro atoms. The van der Waals surface area contributed by atoms with E-state index in [1.165, 1.54) is 25.7 Å². The lowest BCUT2D eigenvalue weighted by Gasteiger charge is -2.00. The molecule has 0 N–H and O–H groups in total. The second-order valence-corrected chi connectivity index (χ2v) is 2.64. The SMILES string of the molecule is CC1=CCCC=CCC1. The van der Waals surface area contributed by atoms with Gasteiger partial charge in [0.15, 0.2) is 0 Å². The molecule has 1 rings (SSSR count). The third-order valence-corrected chi connectivity index (χ3v) is 1.70. The number of hydrogen-bond acceptors (Lipinski definition) is 0. The van der Waals surface area contributed by atoms with E-state index < -0.39 is 0 Å². The van der Waals surface area contributed by atoms with Crippen molar-refractivity contribution >= 4 is 0 Å². The summed E-state index contributed by atoms with van der Waals surface area (Å²) in [4.78, 5) is 0. The molecule has 0 aromatic carbocycles. The molecule has 0 heteroatoms. The van der Waals surface area contributed by atoms with Crippen molar-refractivity contribution < 1.29 is 0 Å². The lowest BCUT2D eigenvalue weighted by molar-refractivity contribution is 0.911. The summed E-state index contributed by atoms with van der Waals surface area (Å²) < 4.78 is 0. The van der Waals surface area contributed by atoms with Crippen molar-refractivity contribution in [2.24, 2.45) is 0 Å². The summed E-state index contributed by atoms with van der Waals surface area (Å²) in [6.07, 6.45) is 11.9. The van der Waals surface area contributed by atoms with Crippen LogP contribution in [0, 0.1) is 0 Å². The summed E-state index contributed by atoms with van der Waals surface area (Å²) in [7, 11) is 0. The summed E-state index contributed by atoms with van der Waals surface area (Å²) in [5.41, 5.74) is 1.55. The Balaban J connectivity index is 2.41. The van der Waals surface area contributed by atoms with Crippen LogP contribution >= 0.6 is 0 Å². The number of hydrogen-bond donors (Lipinski definition) is 0. The second-order valence-electron chi connectivity index (χ2n) is 2.64. The Morgan fingerprint density at radius 2 is 1.89 bits per heavy atom. The van der Waals surface area contributed by atoms with Crippen LogP contribution in [0.1, 0.15) is 32.6 Å². The molecular formula is C9H14. The van der Waals surface area contributed by atoms with Crippen molar-refractivity contribution in [3.8, 4) is 0 Å². The molecule has 0 aromatic heterocycles. The average Bonchev–Trinajstić information content (AvgIpc) is 1.79. The molecular weight excluding hydrogens is 108 g/mol. The first kappa shape index (κ1) is 6.60. The molecule has 0 aliphatic heterocycles. The Labute approximate surface area is 57.3 Å². The Morgan fingerprint density at radius 1 is 1.11 bits per heavy atom. The molecule has 0 atom stereocenters. The summed E-state index contributed by atoms with van der Waals surface area (Å²) >= 11 is 0. The third kappa shape index (κ3) is 2.50. The smallest absolute Gasteiger partial charge is 0.0288 e. The summed E-state index contributed by atoms with van der Waals surface area (Å²) in [6.45, 7) is 2.22. The maximum Gasteiger partial charge on any atom is -0.0288 e. The van der Waals surface area contributed by atoms with E-state index in [1.807, 2.05) is 0 Å². The van der Waals surface area contributed by atoms with Crippen molar-refractivity contribution in [3.63, 3.8) is 0 Å². The molecule has 0 saturated carbocycles. The topological polar surface area (TPSA) is 0 Å². The minimum Gasteiger partial charge on any atom is -0.0882 e. The molecule has 0 heterocycles. The lowest BCUT2D eigenvalue weighted by atomic mass is 10.1. The van der Waals surface area contributed by atoms with Gasteiger partial charge in [0, 0.05) is 0 Å². The first-order valence-corrected chi connectivity index (χ1v) is 3.70. The van der Waals surface area contributed by atoms with E-state index in [9.17, 15) is 0 Å². The monoisotopic (exact) mass is 122 g/mol. The quantitative estimate of drug-likeness (QED) is 0.433. The summed E-state index contributed by atoms with van der Waals surface area (Å²) in [6, 6.07) is 0. The number of rotatable bonds is 0. The van der Waals surface area contributed by atoms with Crippen molar-refractivity contribution in [1.82, 2.24) is 0 Å². The first-order valence-electron chi connectivity index (χ1n) is 3.70. The molecule has 0 amide bonds. The van der Waals surface area contributed by atoms with Crippen LogP contribution < -0.4 is 0 Å². The summed E-state index contributed by atoms with van der Waals surface area (Å²) in [5.74, 6) is 0. The van der Waals surface area contributed by atoms with E-state index in [-0.39, 0.29) is 0 Å². The van der Waals surface area contributed by atoms with Crippen LogP contribution in [0.4, 0.5) is 0 Å². The van der Waals surface area contributed by atoms with Gasteiger partial charge in [-0.25, -0.2) is 0 Å². The zero-order valence-electron chi connectivity index (χ0n) is 6.06. The Kier molecular flexibility index (Phi) is 2.56. The van der Waals surface area contributed by atoms with Gasteiger partial charge in [-0.1, -0.05) is 23.8 Å². The highest BCUT2D eigenvalue weighted by molar-refractivity contribution is 5.03. The Hall–Kier alpha value is -0.520. The molecule has 0 fully saturated rings. The van der Waals surface area contributed by atoms with E-state index in [2.05, 4.69) is 25.2 Å².